The van der Waals surface area contributed by atoms with Crippen LogP contribution in [0.25, 0.3) is 0 Å². The van der Waals surface area contributed by atoms with Crippen LogP contribution in [0.15, 0.2) is 85.5 Å². The molecule has 2 heteroatoms. The van der Waals surface area contributed by atoms with E-state index in [1.54, 1.807) is 0 Å². The van der Waals surface area contributed by atoms with Gasteiger partial charge < -0.3 is 9.47 Å². The summed E-state index contributed by atoms with van der Waals surface area (Å²) < 4.78 is 11.8. The third kappa shape index (κ3) is 8.28. The molecule has 0 aliphatic heterocycles. The van der Waals surface area contributed by atoms with E-state index in [1.165, 1.54) is 11.1 Å². The van der Waals surface area contributed by atoms with Crippen molar-refractivity contribution in [3.05, 3.63) is 96.6 Å². The van der Waals surface area contributed by atoms with E-state index >= 15 is 0 Å². The maximum atomic E-state index is 6.06. The lowest BCUT2D eigenvalue weighted by atomic mass is 10.1. The van der Waals surface area contributed by atoms with Crippen LogP contribution in [0.2, 0.25) is 0 Å². The normalized spacial score (nSPS) is 11.8. The van der Waals surface area contributed by atoms with Crippen LogP contribution in [0.5, 0.6) is 0 Å². The Kier molecular flexibility index (Phi) is 9.48. The van der Waals surface area contributed by atoms with Gasteiger partial charge in [-0.1, -0.05) is 78.9 Å². The first-order valence-electron chi connectivity index (χ1n) is 9.32. The van der Waals surface area contributed by atoms with Crippen LogP contribution in [-0.2, 0) is 22.7 Å². The summed E-state index contributed by atoms with van der Waals surface area (Å²) in [6.07, 6.45) is 6.07. The molecule has 2 nitrogen and oxygen atoms in total. The summed E-state index contributed by atoms with van der Waals surface area (Å²) in [5, 5.41) is 0. The van der Waals surface area contributed by atoms with Gasteiger partial charge in [-0.15, -0.1) is 6.58 Å². The SMILES string of the molecule is C=CCC(CCCC(=C)COCc1ccccc1)OCc1ccccc1. The molecule has 0 N–H and O–H groups in total. The highest BCUT2D eigenvalue weighted by atomic mass is 16.5. The lowest BCUT2D eigenvalue weighted by Crippen LogP contribution is -2.12. The molecule has 0 saturated carbocycles. The molecule has 0 saturated heterocycles. The predicted octanol–water partition coefficient (Wildman–Crippen LogP) is 6.09. The van der Waals surface area contributed by atoms with Crippen LogP contribution in [0.3, 0.4) is 0 Å². The second-order valence-corrected chi connectivity index (χ2v) is 6.56. The van der Waals surface area contributed by atoms with E-state index in [2.05, 4.69) is 37.4 Å². The van der Waals surface area contributed by atoms with Crippen LogP contribution in [0.1, 0.15) is 36.8 Å². The number of benzene rings is 2. The Labute approximate surface area is 158 Å². The van der Waals surface area contributed by atoms with Gasteiger partial charge in [0, 0.05) is 0 Å². The Balaban J connectivity index is 1.61. The smallest absolute Gasteiger partial charge is 0.0721 e. The number of ether oxygens (including phenoxy) is 2. The molecule has 0 aromatic heterocycles. The minimum atomic E-state index is 0.214. The van der Waals surface area contributed by atoms with Crippen LogP contribution in [0.4, 0.5) is 0 Å². The largest absolute Gasteiger partial charge is 0.373 e. The molecule has 0 radical (unpaired) electrons. The standard InChI is InChI=1S/C24H30O2/c1-3-11-24(26-20-23-15-8-5-9-16-23)17-10-12-21(2)18-25-19-22-13-6-4-7-14-22/h3-9,13-16,24H,1-2,10-12,17-20H2. The summed E-state index contributed by atoms with van der Waals surface area (Å²) in [7, 11) is 0. The van der Waals surface area contributed by atoms with Gasteiger partial charge in [-0.05, 0) is 36.8 Å². The quantitative estimate of drug-likeness (QED) is 0.407. The van der Waals surface area contributed by atoms with Crippen molar-refractivity contribution in [3.8, 4) is 0 Å². The Bertz CT molecular complexity index is 634. The molecule has 0 bridgehead atoms. The average Bonchev–Trinajstić information content (AvgIpc) is 2.68. The molecular formula is C24H30O2. The Morgan fingerprint density at radius 3 is 2.15 bits per heavy atom. The van der Waals surface area contributed by atoms with Crippen molar-refractivity contribution in [2.45, 2.75) is 45.0 Å². The van der Waals surface area contributed by atoms with E-state index in [4.69, 9.17) is 9.47 Å². The summed E-state index contributed by atoms with van der Waals surface area (Å²) in [4.78, 5) is 0. The van der Waals surface area contributed by atoms with Crippen molar-refractivity contribution >= 4 is 0 Å². The molecule has 26 heavy (non-hydrogen) atoms. The van der Waals surface area contributed by atoms with Gasteiger partial charge in [-0.25, -0.2) is 0 Å². The van der Waals surface area contributed by atoms with Crippen molar-refractivity contribution in [1.82, 2.24) is 0 Å². The summed E-state index contributed by atoms with van der Waals surface area (Å²) in [6, 6.07) is 20.5. The maximum absolute atomic E-state index is 6.06. The highest BCUT2D eigenvalue weighted by Crippen LogP contribution is 2.15. The Morgan fingerprint density at radius 2 is 1.54 bits per heavy atom. The summed E-state index contributed by atoms with van der Waals surface area (Å²) >= 11 is 0. The van der Waals surface area contributed by atoms with Crippen LogP contribution < -0.4 is 0 Å². The zero-order valence-corrected chi connectivity index (χ0v) is 15.6. The second kappa shape index (κ2) is 12.2. The molecule has 0 heterocycles. The van der Waals surface area contributed by atoms with E-state index in [-0.39, 0.29) is 6.10 Å². The molecule has 138 valence electrons. The van der Waals surface area contributed by atoms with Crippen LogP contribution in [0, 0.1) is 0 Å². The van der Waals surface area contributed by atoms with Crippen molar-refractivity contribution in [2.75, 3.05) is 6.61 Å². The van der Waals surface area contributed by atoms with Crippen LogP contribution in [-0.4, -0.2) is 12.7 Å². The van der Waals surface area contributed by atoms with Gasteiger partial charge >= 0.3 is 0 Å². The van der Waals surface area contributed by atoms with E-state index in [0.29, 0.717) is 19.8 Å². The molecule has 0 spiro atoms. The first-order valence-corrected chi connectivity index (χ1v) is 9.32. The van der Waals surface area contributed by atoms with E-state index in [1.807, 2.05) is 42.5 Å². The topological polar surface area (TPSA) is 18.5 Å². The Morgan fingerprint density at radius 1 is 0.923 bits per heavy atom. The zero-order valence-electron chi connectivity index (χ0n) is 15.6. The van der Waals surface area contributed by atoms with Gasteiger partial charge in [0.05, 0.1) is 25.9 Å². The summed E-state index contributed by atoms with van der Waals surface area (Å²) in [5.74, 6) is 0. The average molecular weight is 351 g/mol. The van der Waals surface area contributed by atoms with Gasteiger partial charge in [0.1, 0.15) is 0 Å². The van der Waals surface area contributed by atoms with Gasteiger partial charge in [0.25, 0.3) is 0 Å². The number of rotatable bonds is 13. The maximum Gasteiger partial charge on any atom is 0.0721 e. The lowest BCUT2D eigenvalue weighted by Gasteiger charge is -2.17. The predicted molar refractivity (Wildman–Crippen MR) is 109 cm³/mol. The number of hydrogen-bond donors (Lipinski definition) is 0. The van der Waals surface area contributed by atoms with Crippen molar-refractivity contribution in [1.29, 1.82) is 0 Å². The first kappa shape index (κ1) is 20.2. The van der Waals surface area contributed by atoms with E-state index < -0.39 is 0 Å². The van der Waals surface area contributed by atoms with Gasteiger partial charge in [0.2, 0.25) is 0 Å². The summed E-state index contributed by atoms with van der Waals surface area (Å²) in [5.41, 5.74) is 3.54. The monoisotopic (exact) mass is 350 g/mol. The molecule has 2 rings (SSSR count). The molecule has 1 atom stereocenters. The van der Waals surface area contributed by atoms with Crippen molar-refractivity contribution in [3.63, 3.8) is 0 Å². The molecule has 0 fully saturated rings. The first-order chi connectivity index (χ1) is 12.8. The van der Waals surface area contributed by atoms with Crippen LogP contribution >= 0.6 is 0 Å². The van der Waals surface area contributed by atoms with Gasteiger partial charge in [-0.3, -0.25) is 0 Å². The third-order valence-electron chi connectivity index (χ3n) is 4.23. The lowest BCUT2D eigenvalue weighted by molar-refractivity contribution is 0.0356. The molecule has 2 aromatic carbocycles. The van der Waals surface area contributed by atoms with Gasteiger partial charge in [-0.2, -0.15) is 0 Å². The molecule has 0 aliphatic carbocycles. The fourth-order valence-corrected chi connectivity index (χ4v) is 2.78. The molecule has 2 aromatic rings. The minimum Gasteiger partial charge on any atom is -0.373 e. The van der Waals surface area contributed by atoms with Crippen molar-refractivity contribution in [2.24, 2.45) is 0 Å². The number of hydrogen-bond acceptors (Lipinski definition) is 2. The van der Waals surface area contributed by atoms with E-state index in [0.717, 1.165) is 31.3 Å². The fraction of sp³-hybridized carbons (Fsp3) is 0.333. The fourth-order valence-electron chi connectivity index (χ4n) is 2.78. The highest BCUT2D eigenvalue weighted by Gasteiger charge is 2.08. The minimum absolute atomic E-state index is 0.214. The molecule has 1 unspecified atom stereocenters. The second-order valence-electron chi connectivity index (χ2n) is 6.56. The van der Waals surface area contributed by atoms with E-state index in [9.17, 15) is 0 Å². The molecular weight excluding hydrogens is 320 g/mol. The highest BCUT2D eigenvalue weighted by molar-refractivity contribution is 5.14. The van der Waals surface area contributed by atoms with Gasteiger partial charge in [0.15, 0.2) is 0 Å². The third-order valence-corrected chi connectivity index (χ3v) is 4.23. The Hall–Kier alpha value is -2.16. The molecule has 0 amide bonds. The zero-order chi connectivity index (χ0) is 18.5. The van der Waals surface area contributed by atoms with Crippen molar-refractivity contribution < 1.29 is 9.47 Å². The molecule has 0 aliphatic rings. The summed E-state index contributed by atoms with van der Waals surface area (Å²) in [6.45, 7) is 9.89.